The monoisotopic (exact) mass is 274 g/mol. The number of nitrogens with zero attached hydrogens (tertiary/aromatic N) is 1. The second-order valence-electron chi connectivity index (χ2n) is 2.92. The van der Waals surface area contributed by atoms with E-state index in [0.717, 1.165) is 0 Å². The van der Waals surface area contributed by atoms with E-state index < -0.39 is 0 Å². The minimum absolute atomic E-state index is 0.296. The number of anilines is 1. The summed E-state index contributed by atoms with van der Waals surface area (Å²) in [4.78, 5) is 21.6. The molecule has 0 atom stereocenters. The number of H-pyrrole nitrogens is 1. The first-order valence-corrected chi connectivity index (χ1v) is 5.16. The topological polar surface area (TPSA) is 101 Å². The second kappa shape index (κ2) is 5.50. The number of hydrogen-bond acceptors (Lipinski definition) is 4. The van der Waals surface area contributed by atoms with Crippen molar-refractivity contribution in [2.45, 2.75) is 12.8 Å². The third kappa shape index (κ3) is 3.70. The average molecular weight is 275 g/mol. The van der Waals surface area contributed by atoms with Crippen LogP contribution in [-0.2, 0) is 4.79 Å². The maximum absolute atomic E-state index is 11.1. The van der Waals surface area contributed by atoms with Crippen LogP contribution in [0.3, 0.4) is 0 Å². The zero-order chi connectivity index (χ0) is 11.3. The lowest BCUT2D eigenvalue weighted by Gasteiger charge is -2.05. The molecule has 1 heterocycles. The van der Waals surface area contributed by atoms with Crippen LogP contribution in [0.4, 0.5) is 5.69 Å². The zero-order valence-electron chi connectivity index (χ0n) is 7.92. The number of aromatic amines is 1. The van der Waals surface area contributed by atoms with Crippen LogP contribution >= 0.6 is 15.9 Å². The first-order valence-electron chi connectivity index (χ1n) is 4.36. The van der Waals surface area contributed by atoms with Crippen LogP contribution in [0.2, 0.25) is 0 Å². The highest BCUT2D eigenvalue weighted by molar-refractivity contribution is 9.10. The molecular formula is C8H11BrN4O2. The van der Waals surface area contributed by atoms with Gasteiger partial charge in [0.1, 0.15) is 4.47 Å². The van der Waals surface area contributed by atoms with Crippen molar-refractivity contribution in [2.75, 3.05) is 11.9 Å². The van der Waals surface area contributed by atoms with Crippen LogP contribution in [-0.4, -0.2) is 22.6 Å². The predicted molar refractivity (Wildman–Crippen MR) is 59.5 cm³/mol. The maximum atomic E-state index is 11.1. The highest BCUT2D eigenvalue weighted by Gasteiger charge is 2.03. The van der Waals surface area contributed by atoms with Gasteiger partial charge in [0.05, 0.1) is 11.9 Å². The molecule has 1 amide bonds. The van der Waals surface area contributed by atoms with E-state index in [2.05, 4.69) is 31.4 Å². The number of hydrogen-bond donors (Lipinski definition) is 3. The van der Waals surface area contributed by atoms with Crippen molar-refractivity contribution >= 4 is 27.5 Å². The third-order valence-electron chi connectivity index (χ3n) is 1.71. The molecule has 0 saturated heterocycles. The molecule has 0 aromatic carbocycles. The van der Waals surface area contributed by atoms with Crippen molar-refractivity contribution in [1.82, 2.24) is 10.2 Å². The summed E-state index contributed by atoms with van der Waals surface area (Å²) in [5.41, 5.74) is 5.29. The number of nitrogens with one attached hydrogen (secondary N) is 2. The van der Waals surface area contributed by atoms with Gasteiger partial charge in [0.15, 0.2) is 0 Å². The highest BCUT2D eigenvalue weighted by atomic mass is 79.9. The number of carbonyl (C=O) groups is 1. The molecule has 1 aromatic rings. The summed E-state index contributed by atoms with van der Waals surface area (Å²) in [5, 5.41) is 8.89. The Morgan fingerprint density at radius 1 is 1.67 bits per heavy atom. The van der Waals surface area contributed by atoms with Crippen molar-refractivity contribution in [3.63, 3.8) is 0 Å². The quantitative estimate of drug-likeness (QED) is 0.668. The number of amides is 1. The first-order chi connectivity index (χ1) is 7.11. The molecule has 1 aromatic heterocycles. The van der Waals surface area contributed by atoms with Crippen molar-refractivity contribution < 1.29 is 4.79 Å². The van der Waals surface area contributed by atoms with E-state index >= 15 is 0 Å². The van der Waals surface area contributed by atoms with Gasteiger partial charge in [-0.15, -0.1) is 0 Å². The molecule has 0 aliphatic carbocycles. The Bertz CT molecular complexity index is 404. The van der Waals surface area contributed by atoms with Gasteiger partial charge in [-0.05, 0) is 22.4 Å². The van der Waals surface area contributed by atoms with Gasteiger partial charge in [0.25, 0.3) is 5.56 Å². The van der Waals surface area contributed by atoms with E-state index in [1.54, 1.807) is 0 Å². The van der Waals surface area contributed by atoms with Gasteiger partial charge in [-0.3, -0.25) is 9.59 Å². The fourth-order valence-corrected chi connectivity index (χ4v) is 1.32. The molecule has 0 spiro atoms. The van der Waals surface area contributed by atoms with E-state index in [1.165, 1.54) is 6.20 Å². The van der Waals surface area contributed by atoms with Crippen LogP contribution in [0.1, 0.15) is 12.8 Å². The summed E-state index contributed by atoms with van der Waals surface area (Å²) in [6.07, 6.45) is 2.44. The number of aromatic nitrogens is 2. The Kier molecular flexibility index (Phi) is 4.29. The summed E-state index contributed by atoms with van der Waals surface area (Å²) in [6.45, 7) is 0.562. The molecule has 0 saturated carbocycles. The third-order valence-corrected chi connectivity index (χ3v) is 2.50. The standard InChI is InChI=1S/C8H11BrN4O2/c9-7-5(4-12-13-8(7)15)11-3-1-2-6(10)14/h4H,1-3H2,(H2,10,14)(H2,11,13,15). The smallest absolute Gasteiger partial charge is 0.280 e. The van der Waals surface area contributed by atoms with Gasteiger partial charge in [-0.2, -0.15) is 5.10 Å². The van der Waals surface area contributed by atoms with Crippen molar-refractivity contribution in [1.29, 1.82) is 0 Å². The summed E-state index contributed by atoms with van der Waals surface area (Å²) >= 11 is 3.12. The van der Waals surface area contributed by atoms with Crippen LogP contribution < -0.4 is 16.6 Å². The summed E-state index contributed by atoms with van der Waals surface area (Å²) in [5.74, 6) is -0.333. The number of rotatable bonds is 5. The summed E-state index contributed by atoms with van der Waals surface area (Å²) in [6, 6.07) is 0. The molecule has 4 N–H and O–H groups in total. The minimum atomic E-state index is -0.333. The molecule has 15 heavy (non-hydrogen) atoms. The second-order valence-corrected chi connectivity index (χ2v) is 3.72. The lowest BCUT2D eigenvalue weighted by atomic mass is 10.3. The Hall–Kier alpha value is -1.37. The Labute approximate surface area is 94.4 Å². The van der Waals surface area contributed by atoms with E-state index in [4.69, 9.17) is 5.73 Å². The van der Waals surface area contributed by atoms with Gasteiger partial charge >= 0.3 is 0 Å². The van der Waals surface area contributed by atoms with Crippen LogP contribution in [0.15, 0.2) is 15.5 Å². The zero-order valence-corrected chi connectivity index (χ0v) is 9.50. The highest BCUT2D eigenvalue weighted by Crippen LogP contribution is 2.14. The molecule has 0 unspecified atom stereocenters. The van der Waals surface area contributed by atoms with Gasteiger partial charge in [-0.1, -0.05) is 0 Å². The average Bonchev–Trinajstić information content (AvgIpc) is 2.18. The molecule has 0 aliphatic rings. The molecule has 7 heteroatoms. The SMILES string of the molecule is NC(=O)CCCNc1cn[nH]c(=O)c1Br. The molecule has 0 aliphatic heterocycles. The van der Waals surface area contributed by atoms with E-state index in [-0.39, 0.29) is 11.5 Å². The van der Waals surface area contributed by atoms with Crippen molar-refractivity contribution in [3.8, 4) is 0 Å². The lowest BCUT2D eigenvalue weighted by Crippen LogP contribution is -2.15. The predicted octanol–water partition coefficient (Wildman–Crippen LogP) is 0.210. The molecule has 82 valence electrons. The van der Waals surface area contributed by atoms with Gasteiger partial charge in [-0.25, -0.2) is 5.10 Å². The van der Waals surface area contributed by atoms with Crippen LogP contribution in [0.5, 0.6) is 0 Å². The summed E-state index contributed by atoms with van der Waals surface area (Å²) < 4.78 is 0.400. The van der Waals surface area contributed by atoms with Gasteiger partial charge in [0, 0.05) is 13.0 Å². The number of primary amides is 1. The Morgan fingerprint density at radius 2 is 2.40 bits per heavy atom. The number of halogens is 1. The van der Waals surface area contributed by atoms with Gasteiger partial charge < -0.3 is 11.1 Å². The Balaban J connectivity index is 2.48. The molecule has 0 fully saturated rings. The molecule has 6 nitrogen and oxygen atoms in total. The maximum Gasteiger partial charge on any atom is 0.280 e. The van der Waals surface area contributed by atoms with Crippen LogP contribution in [0, 0.1) is 0 Å². The largest absolute Gasteiger partial charge is 0.383 e. The van der Waals surface area contributed by atoms with E-state index in [9.17, 15) is 9.59 Å². The van der Waals surface area contributed by atoms with Gasteiger partial charge in [0.2, 0.25) is 5.91 Å². The first kappa shape index (κ1) is 11.7. The molecule has 1 rings (SSSR count). The fraction of sp³-hybridized carbons (Fsp3) is 0.375. The minimum Gasteiger partial charge on any atom is -0.383 e. The molecular weight excluding hydrogens is 264 g/mol. The Morgan fingerprint density at radius 3 is 3.07 bits per heavy atom. The molecule has 0 radical (unpaired) electrons. The van der Waals surface area contributed by atoms with E-state index in [0.29, 0.717) is 29.5 Å². The number of carbonyl (C=O) groups excluding carboxylic acids is 1. The normalized spacial score (nSPS) is 9.93. The lowest BCUT2D eigenvalue weighted by molar-refractivity contribution is -0.118. The number of nitrogens with two attached hydrogens (primary N) is 1. The van der Waals surface area contributed by atoms with Crippen LogP contribution in [0.25, 0.3) is 0 Å². The van der Waals surface area contributed by atoms with E-state index in [1.807, 2.05) is 0 Å². The molecule has 0 bridgehead atoms. The van der Waals surface area contributed by atoms with Crippen molar-refractivity contribution in [2.24, 2.45) is 5.73 Å². The summed E-state index contributed by atoms with van der Waals surface area (Å²) in [7, 11) is 0. The van der Waals surface area contributed by atoms with Crippen molar-refractivity contribution in [3.05, 3.63) is 21.0 Å². The fourth-order valence-electron chi connectivity index (χ4n) is 0.992.